The molecule has 0 unspecified atom stereocenters. The van der Waals surface area contributed by atoms with Crippen molar-refractivity contribution in [2.75, 3.05) is 12.5 Å². The molecule has 0 aromatic carbocycles. The second kappa shape index (κ2) is 6.27. The molecule has 0 aromatic heterocycles. The van der Waals surface area contributed by atoms with Crippen molar-refractivity contribution < 1.29 is 9.68 Å². The van der Waals surface area contributed by atoms with Crippen molar-refractivity contribution >= 4 is 19.3 Å². The zero-order valence-electron chi connectivity index (χ0n) is 4.06. The van der Waals surface area contributed by atoms with Crippen LogP contribution in [-0.4, -0.2) is 25.2 Å². The Bertz CT molecular complexity index is 32.1. The molecule has 0 heterocycles. The SMILES string of the molecule is OBOCCCCl. The molecule has 0 atom stereocenters. The van der Waals surface area contributed by atoms with Gasteiger partial charge in [0.1, 0.15) is 0 Å². The van der Waals surface area contributed by atoms with E-state index in [9.17, 15) is 0 Å². The topological polar surface area (TPSA) is 29.5 Å². The van der Waals surface area contributed by atoms with Crippen LogP contribution in [-0.2, 0) is 4.65 Å². The predicted molar refractivity (Wildman–Crippen MR) is 30.7 cm³/mol. The standard InChI is InChI=1S/C3H8BClO2/c5-2-1-3-7-4-6/h4,6H,1-3H2. The van der Waals surface area contributed by atoms with Crippen molar-refractivity contribution in [3.8, 4) is 0 Å². The van der Waals surface area contributed by atoms with Crippen molar-refractivity contribution in [1.82, 2.24) is 0 Å². The molecule has 0 spiro atoms. The van der Waals surface area contributed by atoms with Gasteiger partial charge in [-0.25, -0.2) is 0 Å². The number of rotatable bonds is 4. The zero-order chi connectivity index (χ0) is 5.54. The maximum absolute atomic E-state index is 8.03. The molecule has 0 aromatic rings. The Balaban J connectivity index is 2.45. The Morgan fingerprint density at radius 2 is 2.43 bits per heavy atom. The monoisotopic (exact) mass is 122 g/mol. The van der Waals surface area contributed by atoms with Gasteiger partial charge in [0.2, 0.25) is 0 Å². The summed E-state index contributed by atoms with van der Waals surface area (Å²) in [6.07, 6.45) is 0.808. The highest BCUT2D eigenvalue weighted by atomic mass is 35.5. The summed E-state index contributed by atoms with van der Waals surface area (Å²) in [5.74, 6) is 0.597. The van der Waals surface area contributed by atoms with Crippen LogP contribution in [0.5, 0.6) is 0 Å². The molecule has 0 aliphatic heterocycles. The first-order chi connectivity index (χ1) is 3.41. The number of halogens is 1. The predicted octanol–water partition coefficient (Wildman–Crippen LogP) is -0.109. The van der Waals surface area contributed by atoms with E-state index >= 15 is 0 Å². The molecule has 0 saturated heterocycles. The molecule has 0 saturated carbocycles. The number of hydrogen-bond acceptors (Lipinski definition) is 2. The van der Waals surface area contributed by atoms with Gasteiger partial charge in [0, 0.05) is 12.5 Å². The smallest absolute Gasteiger partial charge is 0.430 e. The Morgan fingerprint density at radius 3 is 2.86 bits per heavy atom. The maximum Gasteiger partial charge on any atom is 0.435 e. The Kier molecular flexibility index (Phi) is 6.52. The lowest BCUT2D eigenvalue weighted by atomic mass is 10.4. The lowest BCUT2D eigenvalue weighted by Gasteiger charge is -1.92. The Morgan fingerprint density at radius 1 is 1.71 bits per heavy atom. The first-order valence-corrected chi connectivity index (χ1v) is 2.70. The molecule has 0 rings (SSSR count). The summed E-state index contributed by atoms with van der Waals surface area (Å²) in [6, 6.07) is 0. The van der Waals surface area contributed by atoms with E-state index in [2.05, 4.69) is 4.65 Å². The van der Waals surface area contributed by atoms with Crippen molar-refractivity contribution in [3.05, 3.63) is 0 Å². The van der Waals surface area contributed by atoms with Crippen LogP contribution in [0.25, 0.3) is 0 Å². The van der Waals surface area contributed by atoms with Crippen LogP contribution in [0, 0.1) is 0 Å². The Hall–Kier alpha value is 0.275. The van der Waals surface area contributed by atoms with Crippen LogP contribution in [0.15, 0.2) is 0 Å². The summed E-state index contributed by atoms with van der Waals surface area (Å²) in [5, 5.41) is 8.03. The van der Waals surface area contributed by atoms with Crippen molar-refractivity contribution in [3.63, 3.8) is 0 Å². The van der Waals surface area contributed by atoms with Gasteiger partial charge in [0.25, 0.3) is 0 Å². The quantitative estimate of drug-likeness (QED) is 0.320. The lowest BCUT2D eigenvalue weighted by Crippen LogP contribution is -1.98. The second-order valence-electron chi connectivity index (χ2n) is 1.08. The minimum absolute atomic E-state index is 0.198. The average Bonchev–Trinajstić information content (AvgIpc) is 1.69. The molecule has 0 aliphatic rings. The molecule has 4 heteroatoms. The molecule has 0 bridgehead atoms. The minimum Gasteiger partial charge on any atom is -0.430 e. The van der Waals surface area contributed by atoms with Crippen LogP contribution in [0.1, 0.15) is 6.42 Å². The van der Waals surface area contributed by atoms with Crippen LogP contribution in [0.2, 0.25) is 0 Å². The fourth-order valence-electron chi connectivity index (χ4n) is 0.221. The molecular formula is C3H8BClO2. The molecule has 7 heavy (non-hydrogen) atoms. The van der Waals surface area contributed by atoms with Gasteiger partial charge in [-0.3, -0.25) is 0 Å². The second-order valence-corrected chi connectivity index (χ2v) is 1.46. The van der Waals surface area contributed by atoms with E-state index in [1.54, 1.807) is 0 Å². The highest BCUT2D eigenvalue weighted by Gasteiger charge is 1.83. The van der Waals surface area contributed by atoms with Gasteiger partial charge in [-0.15, -0.1) is 11.6 Å². The minimum atomic E-state index is -0.198. The summed E-state index contributed by atoms with van der Waals surface area (Å²) in [7, 11) is -0.198. The van der Waals surface area contributed by atoms with E-state index in [0.29, 0.717) is 12.5 Å². The maximum atomic E-state index is 8.03. The molecular weight excluding hydrogens is 114 g/mol. The molecule has 0 amide bonds. The number of alkyl halides is 1. The number of hydrogen-bond donors (Lipinski definition) is 1. The van der Waals surface area contributed by atoms with E-state index in [1.165, 1.54) is 0 Å². The normalized spacial score (nSPS) is 8.86. The highest BCUT2D eigenvalue weighted by Crippen LogP contribution is 1.82. The van der Waals surface area contributed by atoms with E-state index in [0.717, 1.165) is 6.42 Å². The third-order valence-electron chi connectivity index (χ3n) is 0.514. The van der Waals surface area contributed by atoms with Gasteiger partial charge in [-0.1, -0.05) is 0 Å². The van der Waals surface area contributed by atoms with Gasteiger partial charge in [0.15, 0.2) is 0 Å². The summed E-state index contributed by atoms with van der Waals surface area (Å²) in [4.78, 5) is 0. The molecule has 0 radical (unpaired) electrons. The molecule has 0 fully saturated rings. The van der Waals surface area contributed by atoms with E-state index in [1.807, 2.05) is 0 Å². The van der Waals surface area contributed by atoms with Crippen LogP contribution >= 0.6 is 11.6 Å². The van der Waals surface area contributed by atoms with Gasteiger partial charge < -0.3 is 9.68 Å². The fourth-order valence-corrected chi connectivity index (χ4v) is 0.330. The van der Waals surface area contributed by atoms with E-state index in [4.69, 9.17) is 16.6 Å². The molecule has 1 N–H and O–H groups in total. The first kappa shape index (κ1) is 7.27. The summed E-state index contributed by atoms with van der Waals surface area (Å²) < 4.78 is 4.54. The third kappa shape index (κ3) is 6.27. The van der Waals surface area contributed by atoms with Gasteiger partial charge in [-0.2, -0.15) is 0 Å². The molecule has 0 aliphatic carbocycles. The Labute approximate surface area is 48.7 Å². The molecule has 2 nitrogen and oxygen atoms in total. The summed E-state index contributed by atoms with van der Waals surface area (Å²) in [5.41, 5.74) is 0. The zero-order valence-corrected chi connectivity index (χ0v) is 4.82. The van der Waals surface area contributed by atoms with Crippen LogP contribution in [0.4, 0.5) is 0 Å². The van der Waals surface area contributed by atoms with E-state index < -0.39 is 0 Å². The van der Waals surface area contributed by atoms with Crippen LogP contribution in [0.3, 0.4) is 0 Å². The van der Waals surface area contributed by atoms with Crippen molar-refractivity contribution in [2.45, 2.75) is 6.42 Å². The highest BCUT2D eigenvalue weighted by molar-refractivity contribution is 6.18. The van der Waals surface area contributed by atoms with Gasteiger partial charge in [-0.05, 0) is 6.42 Å². The largest absolute Gasteiger partial charge is 0.435 e. The average molecular weight is 122 g/mol. The lowest BCUT2D eigenvalue weighted by molar-refractivity contribution is 0.285. The fraction of sp³-hybridized carbons (Fsp3) is 1.00. The molecule has 42 valence electrons. The summed E-state index contributed by atoms with van der Waals surface area (Å²) >= 11 is 5.28. The van der Waals surface area contributed by atoms with Crippen LogP contribution < -0.4 is 0 Å². The third-order valence-corrected chi connectivity index (χ3v) is 0.781. The van der Waals surface area contributed by atoms with Gasteiger partial charge >= 0.3 is 7.69 Å². The summed E-state index contributed by atoms with van der Waals surface area (Å²) in [6.45, 7) is 0.556. The van der Waals surface area contributed by atoms with E-state index in [-0.39, 0.29) is 7.69 Å². The van der Waals surface area contributed by atoms with Gasteiger partial charge in [0.05, 0.1) is 0 Å². The van der Waals surface area contributed by atoms with Crippen molar-refractivity contribution in [1.29, 1.82) is 0 Å². The van der Waals surface area contributed by atoms with Crippen molar-refractivity contribution in [2.24, 2.45) is 0 Å². The first-order valence-electron chi connectivity index (χ1n) is 2.16.